The van der Waals surface area contributed by atoms with Crippen LogP contribution in [0.4, 0.5) is 18.0 Å². The number of nitrogens with one attached hydrogen (secondary N) is 1. The van der Waals surface area contributed by atoms with E-state index >= 15 is 0 Å². The molecule has 0 heterocycles. The number of carbonyl (C=O) groups excluding carboxylic acids is 1. The maximum absolute atomic E-state index is 12.5. The third-order valence-corrected chi connectivity index (χ3v) is 3.18. The predicted octanol–water partition coefficient (Wildman–Crippen LogP) is 2.17. The topological polar surface area (TPSA) is 75.6 Å². The quantitative estimate of drug-likeness (QED) is 0.894. The average molecular weight is 303 g/mol. The molecule has 0 spiro atoms. The fourth-order valence-corrected chi connectivity index (χ4v) is 2.11. The van der Waals surface area contributed by atoms with Gasteiger partial charge in [-0.25, -0.2) is 4.79 Å². The molecule has 21 heavy (non-hydrogen) atoms. The Morgan fingerprint density at radius 2 is 1.86 bits per heavy atom. The third-order valence-electron chi connectivity index (χ3n) is 3.18. The van der Waals surface area contributed by atoms with Crippen LogP contribution in [-0.4, -0.2) is 29.4 Å². The van der Waals surface area contributed by atoms with E-state index in [0.717, 1.165) is 0 Å². The van der Waals surface area contributed by atoms with Crippen molar-refractivity contribution in [2.45, 2.75) is 18.8 Å². The monoisotopic (exact) mass is 303 g/mol. The number of carboxylic acids is 1. The van der Waals surface area contributed by atoms with Gasteiger partial charge in [0, 0.05) is 0 Å². The van der Waals surface area contributed by atoms with E-state index in [1.807, 2.05) is 5.32 Å². The number of alkyl halides is 3. The van der Waals surface area contributed by atoms with Crippen molar-refractivity contribution < 1.29 is 32.6 Å². The number of aliphatic carboxylic acids is 1. The minimum Gasteiger partial charge on any atom is -0.481 e. The zero-order chi connectivity index (χ0) is 15.6. The van der Waals surface area contributed by atoms with E-state index in [-0.39, 0.29) is 6.61 Å². The predicted molar refractivity (Wildman–Crippen MR) is 64.2 cm³/mol. The van der Waals surface area contributed by atoms with E-state index < -0.39 is 36.1 Å². The molecule has 0 saturated heterocycles. The van der Waals surface area contributed by atoms with Crippen LogP contribution in [-0.2, 0) is 16.1 Å². The number of halogens is 3. The highest BCUT2D eigenvalue weighted by Gasteiger charge is 2.68. The summed E-state index contributed by atoms with van der Waals surface area (Å²) < 4.78 is 42.4. The Morgan fingerprint density at radius 3 is 2.33 bits per heavy atom. The number of ether oxygens (including phenoxy) is 1. The molecule has 0 aliphatic heterocycles. The van der Waals surface area contributed by atoms with Crippen molar-refractivity contribution in [3.63, 3.8) is 0 Å². The number of rotatable bonds is 4. The Balaban J connectivity index is 1.87. The highest BCUT2D eigenvalue weighted by molar-refractivity contribution is 5.78. The largest absolute Gasteiger partial charge is 0.481 e. The molecule has 114 valence electrons. The summed E-state index contributed by atoms with van der Waals surface area (Å²) in [6, 6.07) is 7.09. The van der Waals surface area contributed by atoms with Gasteiger partial charge in [-0.2, -0.15) is 13.2 Å². The minimum absolute atomic E-state index is 0.103. The summed E-state index contributed by atoms with van der Waals surface area (Å²) in [5.74, 6) is -5.32. The Kier molecular flexibility index (Phi) is 4.06. The van der Waals surface area contributed by atoms with E-state index in [0.29, 0.717) is 5.56 Å². The molecule has 1 aromatic carbocycles. The van der Waals surface area contributed by atoms with Crippen molar-refractivity contribution in [2.24, 2.45) is 11.8 Å². The number of carbonyl (C=O) groups is 2. The Bertz CT molecular complexity index is 532. The van der Waals surface area contributed by atoms with Gasteiger partial charge in [-0.05, 0) is 5.56 Å². The number of alkyl carbamates (subject to hydrolysis) is 1. The highest BCUT2D eigenvalue weighted by atomic mass is 19.4. The van der Waals surface area contributed by atoms with E-state index in [9.17, 15) is 22.8 Å². The van der Waals surface area contributed by atoms with Gasteiger partial charge in [0.15, 0.2) is 0 Å². The molecule has 2 rings (SSSR count). The smallest absolute Gasteiger partial charge is 0.407 e. The average Bonchev–Trinajstić information content (AvgIpc) is 3.12. The van der Waals surface area contributed by atoms with Crippen LogP contribution in [0, 0.1) is 11.8 Å². The van der Waals surface area contributed by atoms with Gasteiger partial charge in [0.2, 0.25) is 0 Å². The summed E-state index contributed by atoms with van der Waals surface area (Å²) in [6.07, 6.45) is -5.73. The first kappa shape index (κ1) is 15.1. The van der Waals surface area contributed by atoms with Crippen LogP contribution in [0.5, 0.6) is 0 Å². The van der Waals surface area contributed by atoms with E-state index in [4.69, 9.17) is 9.84 Å². The number of carboxylic acid groups (broad SMARTS) is 1. The second-order valence-electron chi connectivity index (χ2n) is 4.66. The van der Waals surface area contributed by atoms with E-state index in [1.165, 1.54) is 0 Å². The molecule has 0 aromatic heterocycles. The molecule has 3 atom stereocenters. The number of hydrogen-bond donors (Lipinski definition) is 2. The van der Waals surface area contributed by atoms with Gasteiger partial charge in [-0.15, -0.1) is 0 Å². The standard InChI is InChI=1S/C13H12F3NO4/c14-13(15,16)9-8(11(18)19)10(9)17-12(20)21-6-7-4-2-1-3-5-7/h1-5,8-10H,6H2,(H,17,20)(H,18,19)/t8-,9-,10+/m0/s1. The van der Waals surface area contributed by atoms with Crippen LogP contribution >= 0.6 is 0 Å². The van der Waals surface area contributed by atoms with Gasteiger partial charge in [-0.1, -0.05) is 30.3 Å². The molecular weight excluding hydrogens is 291 g/mol. The molecule has 2 N–H and O–H groups in total. The lowest BCUT2D eigenvalue weighted by molar-refractivity contribution is -0.160. The normalized spacial score (nSPS) is 24.2. The first-order valence-corrected chi connectivity index (χ1v) is 6.07. The lowest BCUT2D eigenvalue weighted by atomic mass is 10.2. The summed E-state index contributed by atoms with van der Waals surface area (Å²) in [4.78, 5) is 22.1. The molecule has 0 bridgehead atoms. The zero-order valence-electron chi connectivity index (χ0n) is 10.6. The maximum Gasteiger partial charge on any atom is 0.407 e. The first-order valence-electron chi connectivity index (χ1n) is 6.07. The van der Waals surface area contributed by atoms with Gasteiger partial charge in [0.25, 0.3) is 0 Å². The fourth-order valence-electron chi connectivity index (χ4n) is 2.11. The van der Waals surface area contributed by atoms with Crippen LogP contribution in [0.15, 0.2) is 30.3 Å². The molecule has 1 fully saturated rings. The van der Waals surface area contributed by atoms with Gasteiger partial charge in [0.05, 0.1) is 17.9 Å². The maximum atomic E-state index is 12.5. The highest BCUT2D eigenvalue weighted by Crippen LogP contribution is 2.50. The first-order chi connectivity index (χ1) is 9.80. The van der Waals surface area contributed by atoms with Crippen molar-refractivity contribution in [3.05, 3.63) is 35.9 Å². The Morgan fingerprint density at radius 1 is 1.24 bits per heavy atom. The van der Waals surface area contributed by atoms with Crippen LogP contribution in [0.25, 0.3) is 0 Å². The van der Waals surface area contributed by atoms with Gasteiger partial charge >= 0.3 is 18.2 Å². The lowest BCUT2D eigenvalue weighted by Crippen LogP contribution is -2.30. The van der Waals surface area contributed by atoms with Crippen LogP contribution < -0.4 is 5.32 Å². The molecule has 0 radical (unpaired) electrons. The number of amides is 1. The van der Waals surface area contributed by atoms with Crippen LogP contribution in [0.3, 0.4) is 0 Å². The number of benzene rings is 1. The fraction of sp³-hybridized carbons (Fsp3) is 0.385. The lowest BCUT2D eigenvalue weighted by Gasteiger charge is -2.08. The summed E-state index contributed by atoms with van der Waals surface area (Å²) in [7, 11) is 0. The molecule has 1 aromatic rings. The summed E-state index contributed by atoms with van der Waals surface area (Å²) in [5.41, 5.74) is 0.672. The van der Waals surface area contributed by atoms with E-state index in [1.54, 1.807) is 30.3 Å². The molecule has 1 aliphatic rings. The SMILES string of the molecule is O=C(N[C@@H]1[C@@H](C(=O)O)[C@@H]1C(F)(F)F)OCc1ccccc1. The van der Waals surface area contributed by atoms with Crippen molar-refractivity contribution in [1.82, 2.24) is 5.32 Å². The Labute approximate surface area is 117 Å². The minimum atomic E-state index is -4.67. The second kappa shape index (κ2) is 5.63. The summed E-state index contributed by atoms with van der Waals surface area (Å²) >= 11 is 0. The molecule has 1 aliphatic carbocycles. The second-order valence-corrected chi connectivity index (χ2v) is 4.66. The van der Waals surface area contributed by atoms with Crippen molar-refractivity contribution in [1.29, 1.82) is 0 Å². The molecule has 1 saturated carbocycles. The van der Waals surface area contributed by atoms with Crippen molar-refractivity contribution in [2.75, 3.05) is 0 Å². The summed E-state index contributed by atoms with van der Waals surface area (Å²) in [6.45, 7) is -0.103. The molecule has 8 heteroatoms. The van der Waals surface area contributed by atoms with Gasteiger partial charge in [0.1, 0.15) is 6.61 Å². The number of hydrogen-bond acceptors (Lipinski definition) is 3. The zero-order valence-corrected chi connectivity index (χ0v) is 10.6. The van der Waals surface area contributed by atoms with Crippen LogP contribution in [0.2, 0.25) is 0 Å². The third kappa shape index (κ3) is 3.65. The molecule has 5 nitrogen and oxygen atoms in total. The summed E-state index contributed by atoms with van der Waals surface area (Å²) in [5, 5.41) is 10.6. The van der Waals surface area contributed by atoms with Gasteiger partial charge < -0.3 is 15.2 Å². The van der Waals surface area contributed by atoms with Crippen molar-refractivity contribution >= 4 is 12.1 Å². The Hall–Kier alpha value is -2.25. The van der Waals surface area contributed by atoms with E-state index in [2.05, 4.69) is 0 Å². The molecular formula is C13H12F3NO4. The van der Waals surface area contributed by atoms with Crippen molar-refractivity contribution in [3.8, 4) is 0 Å². The van der Waals surface area contributed by atoms with Gasteiger partial charge in [-0.3, -0.25) is 4.79 Å². The molecule has 1 amide bonds. The van der Waals surface area contributed by atoms with Crippen LogP contribution in [0.1, 0.15) is 5.56 Å². The molecule has 0 unspecified atom stereocenters.